The van der Waals surface area contributed by atoms with Crippen LogP contribution in [0.15, 0.2) is 46.8 Å². The van der Waals surface area contributed by atoms with Crippen LogP contribution in [0.4, 0.5) is 5.13 Å². The number of sulfone groups is 1. The van der Waals surface area contributed by atoms with Gasteiger partial charge in [0.2, 0.25) is 0 Å². The van der Waals surface area contributed by atoms with Crippen LogP contribution in [0.1, 0.15) is 37.7 Å². The van der Waals surface area contributed by atoms with Gasteiger partial charge in [0.1, 0.15) is 0 Å². The Morgan fingerprint density at radius 2 is 1.88 bits per heavy atom. The Bertz CT molecular complexity index is 879. The van der Waals surface area contributed by atoms with E-state index in [1.54, 1.807) is 35.8 Å². The molecule has 1 aliphatic rings. The molecule has 0 atom stereocenters. The average Bonchev–Trinajstić information content (AvgIpc) is 3.13. The summed E-state index contributed by atoms with van der Waals surface area (Å²) >= 11 is 1.37. The Morgan fingerprint density at radius 3 is 2.46 bits per heavy atom. The van der Waals surface area contributed by atoms with E-state index in [2.05, 4.69) is 10.3 Å². The van der Waals surface area contributed by atoms with E-state index < -0.39 is 9.84 Å². The lowest BCUT2D eigenvalue weighted by molar-refractivity contribution is -0.111. The molecule has 0 saturated heterocycles. The van der Waals surface area contributed by atoms with Gasteiger partial charge in [-0.1, -0.05) is 37.5 Å². The highest BCUT2D eigenvalue weighted by molar-refractivity contribution is 7.90. The highest BCUT2D eigenvalue weighted by Gasteiger charge is 2.19. The molecular formula is C19H22N2O3S2. The summed E-state index contributed by atoms with van der Waals surface area (Å²) in [5.41, 5.74) is 1.30. The van der Waals surface area contributed by atoms with Gasteiger partial charge in [0.25, 0.3) is 5.91 Å². The number of rotatable bonds is 5. The van der Waals surface area contributed by atoms with Crippen LogP contribution in [-0.4, -0.2) is 25.6 Å². The third-order valence-corrected chi connectivity index (χ3v) is 6.36. The van der Waals surface area contributed by atoms with E-state index in [-0.39, 0.29) is 10.8 Å². The average molecular weight is 391 g/mol. The number of aromatic nitrogens is 1. The van der Waals surface area contributed by atoms with E-state index in [1.807, 2.05) is 6.08 Å². The molecule has 1 amide bonds. The van der Waals surface area contributed by atoms with Crippen LogP contribution in [0.25, 0.3) is 5.57 Å². The maximum atomic E-state index is 12.8. The van der Waals surface area contributed by atoms with Crippen molar-refractivity contribution >= 4 is 37.8 Å². The maximum absolute atomic E-state index is 12.8. The first-order chi connectivity index (χ1) is 12.4. The van der Waals surface area contributed by atoms with Gasteiger partial charge in [0.05, 0.1) is 4.90 Å². The number of amides is 1. The molecule has 1 heterocycles. The smallest absolute Gasteiger partial charge is 0.257 e. The number of nitrogens with zero attached hydrogens (tertiary/aromatic N) is 1. The molecule has 1 aliphatic carbocycles. The van der Waals surface area contributed by atoms with E-state index in [1.165, 1.54) is 36.9 Å². The zero-order valence-corrected chi connectivity index (χ0v) is 16.3. The van der Waals surface area contributed by atoms with Crippen LogP contribution in [0.2, 0.25) is 0 Å². The van der Waals surface area contributed by atoms with Crippen molar-refractivity contribution in [3.63, 3.8) is 0 Å². The molecule has 26 heavy (non-hydrogen) atoms. The fourth-order valence-corrected chi connectivity index (χ4v) is 4.33. The Kier molecular flexibility index (Phi) is 5.88. The lowest BCUT2D eigenvalue weighted by atomic mass is 9.86. The van der Waals surface area contributed by atoms with Crippen molar-refractivity contribution in [3.8, 4) is 0 Å². The monoisotopic (exact) mass is 390 g/mol. The van der Waals surface area contributed by atoms with Crippen molar-refractivity contribution in [2.24, 2.45) is 5.92 Å². The molecule has 1 fully saturated rings. The summed E-state index contributed by atoms with van der Waals surface area (Å²) in [6, 6.07) is 6.51. The van der Waals surface area contributed by atoms with Gasteiger partial charge in [-0.2, -0.15) is 0 Å². The molecular weight excluding hydrogens is 368 g/mol. The van der Waals surface area contributed by atoms with E-state index >= 15 is 0 Å². The Balaban J connectivity index is 1.91. The molecule has 7 heteroatoms. The van der Waals surface area contributed by atoms with Gasteiger partial charge in [-0.25, -0.2) is 13.4 Å². The number of hydrogen-bond acceptors (Lipinski definition) is 5. The van der Waals surface area contributed by atoms with Crippen LogP contribution in [0.3, 0.4) is 0 Å². The second-order valence-corrected chi connectivity index (χ2v) is 9.48. The van der Waals surface area contributed by atoms with Crippen LogP contribution in [0.5, 0.6) is 0 Å². The molecule has 1 aromatic carbocycles. The molecule has 0 aliphatic heterocycles. The molecule has 2 aromatic rings. The van der Waals surface area contributed by atoms with Gasteiger partial charge in [-0.05, 0) is 36.5 Å². The normalized spacial score (nSPS) is 16.4. The topological polar surface area (TPSA) is 76.1 Å². The minimum absolute atomic E-state index is 0.211. The number of carbonyl (C=O) groups is 1. The summed E-state index contributed by atoms with van der Waals surface area (Å²) in [7, 11) is -3.26. The molecule has 0 radical (unpaired) electrons. The van der Waals surface area contributed by atoms with Crippen molar-refractivity contribution in [2.45, 2.75) is 37.0 Å². The van der Waals surface area contributed by atoms with E-state index in [0.29, 0.717) is 16.6 Å². The quantitative estimate of drug-likeness (QED) is 0.778. The molecule has 0 spiro atoms. The number of benzene rings is 1. The van der Waals surface area contributed by atoms with Crippen molar-refractivity contribution in [2.75, 3.05) is 11.6 Å². The number of carbonyl (C=O) groups excluding carboxylic acids is 1. The van der Waals surface area contributed by atoms with Gasteiger partial charge in [-0.3, -0.25) is 10.1 Å². The van der Waals surface area contributed by atoms with Crippen LogP contribution in [0, 0.1) is 5.92 Å². The minimum atomic E-state index is -3.26. The third kappa shape index (κ3) is 4.80. The predicted molar refractivity (Wildman–Crippen MR) is 105 cm³/mol. The number of thiazole rings is 1. The zero-order chi connectivity index (χ0) is 18.6. The molecule has 138 valence electrons. The van der Waals surface area contributed by atoms with Crippen molar-refractivity contribution < 1.29 is 13.2 Å². The fourth-order valence-electron chi connectivity index (χ4n) is 3.17. The number of anilines is 1. The van der Waals surface area contributed by atoms with Gasteiger partial charge in [0.15, 0.2) is 15.0 Å². The van der Waals surface area contributed by atoms with Gasteiger partial charge in [0, 0.05) is 23.4 Å². The standard InChI is InChI=1S/C19H22N2O3S2/c1-26(23,24)16-9-7-15(8-10-16)17(13-14-5-3-2-4-6-14)18(22)21-19-20-11-12-25-19/h7-14H,2-6H2,1H3,(H,20,21,22)/b17-13+. The summed E-state index contributed by atoms with van der Waals surface area (Å²) in [4.78, 5) is 17.2. The van der Waals surface area contributed by atoms with Crippen molar-refractivity contribution in [3.05, 3.63) is 47.5 Å². The third-order valence-electron chi connectivity index (χ3n) is 4.54. The molecule has 0 bridgehead atoms. The summed E-state index contributed by atoms with van der Waals surface area (Å²) in [6.45, 7) is 0. The summed E-state index contributed by atoms with van der Waals surface area (Å²) in [5.74, 6) is 0.160. The predicted octanol–water partition coefficient (Wildman–Crippen LogP) is 4.15. The van der Waals surface area contributed by atoms with E-state index in [4.69, 9.17) is 0 Å². The molecule has 1 N–H and O–H groups in total. The Labute approximate surface area is 158 Å². The van der Waals surface area contributed by atoms with E-state index in [9.17, 15) is 13.2 Å². The van der Waals surface area contributed by atoms with Crippen molar-refractivity contribution in [1.29, 1.82) is 0 Å². The lowest BCUT2D eigenvalue weighted by Crippen LogP contribution is -2.15. The second-order valence-electron chi connectivity index (χ2n) is 6.57. The first kappa shape index (κ1) is 18.8. The Morgan fingerprint density at radius 1 is 1.19 bits per heavy atom. The molecule has 3 rings (SSSR count). The summed E-state index contributed by atoms with van der Waals surface area (Å²) in [5, 5.41) is 5.20. The second kappa shape index (κ2) is 8.14. The SMILES string of the molecule is CS(=O)(=O)c1ccc(/C(=C\C2CCCCC2)C(=O)Nc2nccs2)cc1. The number of allylic oxidation sites excluding steroid dienone is 1. The number of nitrogens with one attached hydrogen (secondary N) is 1. The van der Waals surface area contributed by atoms with E-state index in [0.717, 1.165) is 18.4 Å². The van der Waals surface area contributed by atoms with Crippen LogP contribution in [-0.2, 0) is 14.6 Å². The molecule has 1 saturated carbocycles. The molecule has 5 nitrogen and oxygen atoms in total. The van der Waals surface area contributed by atoms with Crippen LogP contribution >= 0.6 is 11.3 Å². The Hall–Kier alpha value is -1.99. The largest absolute Gasteiger partial charge is 0.298 e. The zero-order valence-electron chi connectivity index (χ0n) is 14.6. The molecule has 1 aromatic heterocycles. The maximum Gasteiger partial charge on any atom is 0.257 e. The highest BCUT2D eigenvalue weighted by atomic mass is 32.2. The summed E-state index contributed by atoms with van der Waals surface area (Å²) in [6.07, 6.45) is 10.6. The van der Waals surface area contributed by atoms with Crippen LogP contribution < -0.4 is 5.32 Å². The van der Waals surface area contributed by atoms with Gasteiger partial charge >= 0.3 is 0 Å². The highest BCUT2D eigenvalue weighted by Crippen LogP contribution is 2.29. The minimum Gasteiger partial charge on any atom is -0.298 e. The fraction of sp³-hybridized carbons (Fsp3) is 0.368. The van der Waals surface area contributed by atoms with Crippen molar-refractivity contribution in [1.82, 2.24) is 4.98 Å². The van der Waals surface area contributed by atoms with Gasteiger partial charge in [-0.15, -0.1) is 11.3 Å². The van der Waals surface area contributed by atoms with Gasteiger partial charge < -0.3 is 0 Å². The first-order valence-corrected chi connectivity index (χ1v) is 11.4. The molecule has 0 unspecified atom stereocenters. The first-order valence-electron chi connectivity index (χ1n) is 8.66. The number of hydrogen-bond donors (Lipinski definition) is 1. The summed E-state index contributed by atoms with van der Waals surface area (Å²) < 4.78 is 23.4. The lowest BCUT2D eigenvalue weighted by Gasteiger charge is -2.20.